The Bertz CT molecular complexity index is 1300. The van der Waals surface area contributed by atoms with E-state index >= 15 is 0 Å². The first-order valence-corrected chi connectivity index (χ1v) is 8.59. The number of nitrogens with one attached hydrogen (secondary N) is 1. The zero-order chi connectivity index (χ0) is 19.3. The third-order valence-electron chi connectivity index (χ3n) is 4.79. The number of anilines is 1. The van der Waals surface area contributed by atoms with Gasteiger partial charge in [0.2, 0.25) is 0 Å². The second-order valence-corrected chi connectivity index (χ2v) is 6.42. The molecule has 0 unspecified atom stereocenters. The van der Waals surface area contributed by atoms with Crippen molar-refractivity contribution in [2.45, 2.75) is 0 Å². The fourth-order valence-electron chi connectivity index (χ4n) is 3.44. The van der Waals surface area contributed by atoms with Crippen LogP contribution >= 0.6 is 0 Å². The van der Waals surface area contributed by atoms with Gasteiger partial charge in [-0.2, -0.15) is 0 Å². The summed E-state index contributed by atoms with van der Waals surface area (Å²) in [5.41, 5.74) is 3.01. The second-order valence-electron chi connectivity index (χ2n) is 6.42. The lowest BCUT2D eigenvalue weighted by molar-refractivity contribution is 0.0978. The Morgan fingerprint density at radius 2 is 1.61 bits per heavy atom. The maximum absolute atomic E-state index is 13.0. The van der Waals surface area contributed by atoms with E-state index in [0.717, 1.165) is 0 Å². The Morgan fingerprint density at radius 1 is 0.857 bits per heavy atom. The number of nitrogens with zero attached hydrogens (tertiary/aromatic N) is 1. The monoisotopic (exact) mass is 368 g/mol. The van der Waals surface area contributed by atoms with Gasteiger partial charge in [0.15, 0.2) is 23.5 Å². The lowest BCUT2D eigenvalue weighted by Crippen LogP contribution is -2.23. The summed E-state index contributed by atoms with van der Waals surface area (Å²) < 4.78 is 5.18. The zero-order valence-electron chi connectivity index (χ0n) is 14.4. The summed E-state index contributed by atoms with van der Waals surface area (Å²) in [5.74, 6) is -0.921. The molecule has 1 aliphatic carbocycles. The molecule has 1 heterocycles. The van der Waals surface area contributed by atoms with Gasteiger partial charge in [-0.05, 0) is 24.3 Å². The van der Waals surface area contributed by atoms with Crippen molar-refractivity contribution in [2.24, 2.45) is 0 Å². The summed E-state index contributed by atoms with van der Waals surface area (Å²) in [6, 6.07) is 16.4. The maximum Gasteiger partial charge on any atom is 0.255 e. The molecule has 0 spiro atoms. The number of carbonyl (C=O) groups excluding carboxylic acids is 3. The molecular formula is C22H12N2O4. The molecule has 6 heteroatoms. The van der Waals surface area contributed by atoms with E-state index in [1.807, 2.05) is 0 Å². The molecule has 1 amide bonds. The van der Waals surface area contributed by atoms with Gasteiger partial charge in [-0.15, -0.1) is 0 Å². The van der Waals surface area contributed by atoms with E-state index in [4.69, 9.17) is 4.42 Å². The minimum atomic E-state index is -0.405. The Labute approximate surface area is 158 Å². The van der Waals surface area contributed by atoms with Crippen molar-refractivity contribution in [2.75, 3.05) is 5.32 Å². The van der Waals surface area contributed by atoms with Crippen molar-refractivity contribution in [1.82, 2.24) is 4.98 Å². The highest BCUT2D eigenvalue weighted by Crippen LogP contribution is 2.32. The number of carbonyl (C=O) groups is 3. The predicted octanol–water partition coefficient (Wildman–Crippen LogP) is 3.86. The van der Waals surface area contributed by atoms with Crippen molar-refractivity contribution >= 4 is 34.3 Å². The summed E-state index contributed by atoms with van der Waals surface area (Å²) in [4.78, 5) is 42.6. The fourth-order valence-corrected chi connectivity index (χ4v) is 3.44. The standard InChI is InChI=1S/C22H12N2O4/c25-20-13-4-1-2-5-14(13)21(26)19-15(20)6-3-7-16(19)24-22(27)12-8-9-18-17(10-12)23-11-28-18/h1-11H,(H,24,27). The van der Waals surface area contributed by atoms with Crippen molar-refractivity contribution in [1.29, 1.82) is 0 Å². The number of hydrogen-bond acceptors (Lipinski definition) is 5. The molecule has 4 aromatic rings. The van der Waals surface area contributed by atoms with E-state index in [0.29, 0.717) is 33.5 Å². The first-order chi connectivity index (χ1) is 13.6. The largest absolute Gasteiger partial charge is 0.443 e. The normalized spacial score (nSPS) is 12.6. The van der Waals surface area contributed by atoms with Crippen molar-refractivity contribution < 1.29 is 18.8 Å². The van der Waals surface area contributed by atoms with Crippen LogP contribution in [0.4, 0.5) is 5.69 Å². The molecule has 134 valence electrons. The molecule has 0 radical (unpaired) electrons. The quantitative estimate of drug-likeness (QED) is 0.511. The lowest BCUT2D eigenvalue weighted by atomic mass is 9.83. The molecule has 0 fully saturated rings. The molecule has 6 nitrogen and oxygen atoms in total. The van der Waals surface area contributed by atoms with Gasteiger partial charge in [-0.3, -0.25) is 14.4 Å². The topological polar surface area (TPSA) is 89.3 Å². The number of aromatic nitrogens is 1. The molecule has 1 N–H and O–H groups in total. The van der Waals surface area contributed by atoms with Gasteiger partial charge in [-0.1, -0.05) is 36.4 Å². The number of rotatable bonds is 2. The number of hydrogen-bond donors (Lipinski definition) is 1. The highest BCUT2D eigenvalue weighted by atomic mass is 16.3. The van der Waals surface area contributed by atoms with Gasteiger partial charge < -0.3 is 9.73 Å². The van der Waals surface area contributed by atoms with Crippen molar-refractivity contribution in [3.8, 4) is 0 Å². The second kappa shape index (κ2) is 5.99. The minimum absolute atomic E-state index is 0.210. The summed E-state index contributed by atoms with van der Waals surface area (Å²) in [7, 11) is 0. The van der Waals surface area contributed by atoms with E-state index in [1.165, 1.54) is 6.39 Å². The number of fused-ring (bicyclic) bond motifs is 3. The molecule has 1 aliphatic rings. The molecule has 0 saturated heterocycles. The maximum atomic E-state index is 13.0. The van der Waals surface area contributed by atoms with Gasteiger partial charge in [0, 0.05) is 22.3 Å². The van der Waals surface area contributed by atoms with Crippen LogP contribution in [0.2, 0.25) is 0 Å². The summed E-state index contributed by atoms with van der Waals surface area (Å²) >= 11 is 0. The predicted molar refractivity (Wildman–Crippen MR) is 102 cm³/mol. The molecular weight excluding hydrogens is 356 g/mol. The van der Waals surface area contributed by atoms with Crippen molar-refractivity contribution in [3.63, 3.8) is 0 Å². The summed E-state index contributed by atoms with van der Waals surface area (Å²) in [5, 5.41) is 2.75. The summed E-state index contributed by atoms with van der Waals surface area (Å²) in [6.45, 7) is 0. The van der Waals surface area contributed by atoms with E-state index in [-0.39, 0.29) is 22.7 Å². The molecule has 3 aromatic carbocycles. The Hall–Kier alpha value is -4.06. The van der Waals surface area contributed by atoms with Crippen LogP contribution < -0.4 is 5.32 Å². The smallest absolute Gasteiger partial charge is 0.255 e. The molecule has 0 atom stereocenters. The first kappa shape index (κ1) is 16.1. The molecule has 5 rings (SSSR count). The Balaban J connectivity index is 1.56. The molecule has 0 bridgehead atoms. The average Bonchev–Trinajstić information content (AvgIpc) is 3.20. The van der Waals surface area contributed by atoms with Crippen LogP contribution in [0.25, 0.3) is 11.1 Å². The van der Waals surface area contributed by atoms with Gasteiger partial charge in [-0.25, -0.2) is 4.98 Å². The number of oxazole rings is 1. The van der Waals surface area contributed by atoms with Crippen LogP contribution in [-0.4, -0.2) is 22.5 Å². The van der Waals surface area contributed by atoms with Crippen LogP contribution in [0.3, 0.4) is 0 Å². The SMILES string of the molecule is O=C(Nc1cccc2c1C(=O)c1ccccc1C2=O)c1ccc2ocnc2c1. The van der Waals surface area contributed by atoms with E-state index in [9.17, 15) is 14.4 Å². The van der Waals surface area contributed by atoms with Gasteiger partial charge >= 0.3 is 0 Å². The van der Waals surface area contributed by atoms with Gasteiger partial charge in [0.05, 0.1) is 11.3 Å². The highest BCUT2D eigenvalue weighted by molar-refractivity contribution is 6.30. The number of amides is 1. The Kier molecular flexibility index (Phi) is 3.45. The molecule has 28 heavy (non-hydrogen) atoms. The summed E-state index contributed by atoms with van der Waals surface area (Å²) in [6.07, 6.45) is 1.31. The average molecular weight is 368 g/mol. The van der Waals surface area contributed by atoms with Crippen LogP contribution in [0.5, 0.6) is 0 Å². The first-order valence-electron chi connectivity index (χ1n) is 8.59. The van der Waals surface area contributed by atoms with Crippen LogP contribution in [0.15, 0.2) is 71.5 Å². The Morgan fingerprint density at radius 3 is 2.43 bits per heavy atom. The van der Waals surface area contributed by atoms with Crippen LogP contribution in [-0.2, 0) is 0 Å². The molecule has 0 saturated carbocycles. The lowest BCUT2D eigenvalue weighted by Gasteiger charge is -2.20. The van der Waals surface area contributed by atoms with E-state index in [1.54, 1.807) is 60.7 Å². The zero-order valence-corrected chi connectivity index (χ0v) is 14.4. The minimum Gasteiger partial charge on any atom is -0.443 e. The van der Waals surface area contributed by atoms with E-state index in [2.05, 4.69) is 10.3 Å². The number of benzene rings is 3. The fraction of sp³-hybridized carbons (Fsp3) is 0. The number of ketones is 2. The third kappa shape index (κ3) is 2.35. The van der Waals surface area contributed by atoms with Gasteiger partial charge in [0.1, 0.15) is 5.52 Å². The third-order valence-corrected chi connectivity index (χ3v) is 4.79. The van der Waals surface area contributed by atoms with Crippen molar-refractivity contribution in [3.05, 3.63) is 94.9 Å². The van der Waals surface area contributed by atoms with Crippen LogP contribution in [0.1, 0.15) is 42.2 Å². The van der Waals surface area contributed by atoms with Crippen LogP contribution in [0, 0.1) is 0 Å². The van der Waals surface area contributed by atoms with E-state index < -0.39 is 5.91 Å². The van der Waals surface area contributed by atoms with Gasteiger partial charge in [0.25, 0.3) is 5.91 Å². The molecule has 0 aliphatic heterocycles. The molecule has 1 aromatic heterocycles. The highest BCUT2D eigenvalue weighted by Gasteiger charge is 2.31.